The van der Waals surface area contributed by atoms with Crippen LogP contribution in [0.4, 0.5) is 13.2 Å². The van der Waals surface area contributed by atoms with Gasteiger partial charge in [0.15, 0.2) is 0 Å². The molecule has 1 amide bonds. The Labute approximate surface area is 133 Å². The minimum atomic E-state index is -4.42. The van der Waals surface area contributed by atoms with Crippen LogP contribution in [-0.2, 0) is 22.3 Å². The van der Waals surface area contributed by atoms with Gasteiger partial charge in [-0.3, -0.25) is 9.48 Å². The molecule has 0 radical (unpaired) electrons. The smallest absolute Gasteiger partial charge is 0.381 e. The fourth-order valence-electron chi connectivity index (χ4n) is 2.65. The van der Waals surface area contributed by atoms with Crippen LogP contribution in [0.3, 0.4) is 0 Å². The Morgan fingerprint density at radius 1 is 1.48 bits per heavy atom. The van der Waals surface area contributed by atoms with E-state index in [1.54, 1.807) is 6.92 Å². The number of halogens is 3. The van der Waals surface area contributed by atoms with E-state index in [2.05, 4.69) is 10.4 Å². The van der Waals surface area contributed by atoms with Crippen LogP contribution < -0.4 is 5.32 Å². The minimum absolute atomic E-state index is 0.0483. The van der Waals surface area contributed by atoms with Crippen molar-refractivity contribution in [2.24, 2.45) is 11.8 Å². The molecule has 130 valence electrons. The van der Waals surface area contributed by atoms with E-state index in [-0.39, 0.29) is 24.3 Å². The van der Waals surface area contributed by atoms with Crippen molar-refractivity contribution in [3.8, 4) is 0 Å². The van der Waals surface area contributed by atoms with Crippen molar-refractivity contribution < 1.29 is 22.7 Å². The summed E-state index contributed by atoms with van der Waals surface area (Å²) in [6.07, 6.45) is -3.04. The van der Waals surface area contributed by atoms with Crippen molar-refractivity contribution in [2.75, 3.05) is 19.8 Å². The van der Waals surface area contributed by atoms with Gasteiger partial charge in [-0.1, -0.05) is 6.92 Å². The lowest BCUT2D eigenvalue weighted by Crippen LogP contribution is -2.37. The molecule has 1 aromatic rings. The van der Waals surface area contributed by atoms with Crippen molar-refractivity contribution in [1.29, 1.82) is 0 Å². The van der Waals surface area contributed by atoms with Crippen LogP contribution in [0, 0.1) is 18.8 Å². The van der Waals surface area contributed by atoms with Gasteiger partial charge in [0.2, 0.25) is 5.91 Å². The maximum Gasteiger partial charge on any atom is 0.433 e. The Kier molecular flexibility index (Phi) is 5.67. The highest BCUT2D eigenvalue weighted by atomic mass is 19.4. The zero-order valence-corrected chi connectivity index (χ0v) is 13.3. The van der Waals surface area contributed by atoms with E-state index >= 15 is 0 Å². The number of rotatable bonds is 5. The molecule has 1 aliphatic heterocycles. The molecule has 0 spiro atoms. The summed E-state index contributed by atoms with van der Waals surface area (Å²) in [5.74, 6) is -0.263. The molecular weight excluding hydrogens is 311 g/mol. The number of nitrogens with one attached hydrogen (secondary N) is 1. The summed E-state index contributed by atoms with van der Waals surface area (Å²) < 4.78 is 45.0. The second-order valence-corrected chi connectivity index (χ2v) is 6.09. The molecule has 0 bridgehead atoms. The summed E-state index contributed by atoms with van der Waals surface area (Å²) in [7, 11) is 0. The number of alkyl halides is 3. The van der Waals surface area contributed by atoms with Crippen molar-refractivity contribution in [3.05, 3.63) is 17.5 Å². The lowest BCUT2D eigenvalue weighted by Gasteiger charge is -2.22. The molecule has 5 nitrogen and oxygen atoms in total. The molecule has 2 rings (SSSR count). The van der Waals surface area contributed by atoms with Gasteiger partial charge >= 0.3 is 6.18 Å². The first-order chi connectivity index (χ1) is 10.8. The number of amides is 1. The van der Waals surface area contributed by atoms with E-state index in [1.807, 2.05) is 0 Å². The number of nitrogens with zero attached hydrogens (tertiary/aromatic N) is 2. The first kappa shape index (κ1) is 17.8. The van der Waals surface area contributed by atoms with Gasteiger partial charge in [0.25, 0.3) is 0 Å². The van der Waals surface area contributed by atoms with Gasteiger partial charge in [-0.25, -0.2) is 0 Å². The second-order valence-electron chi connectivity index (χ2n) is 6.09. The van der Waals surface area contributed by atoms with Crippen LogP contribution in [-0.4, -0.2) is 35.4 Å². The number of hydrogen-bond acceptors (Lipinski definition) is 3. The van der Waals surface area contributed by atoms with Crippen LogP contribution in [0.5, 0.6) is 0 Å². The Morgan fingerprint density at radius 3 is 2.74 bits per heavy atom. The van der Waals surface area contributed by atoms with Gasteiger partial charge in [-0.2, -0.15) is 18.3 Å². The molecule has 0 aromatic carbocycles. The van der Waals surface area contributed by atoms with Gasteiger partial charge in [0.1, 0.15) is 5.69 Å². The van der Waals surface area contributed by atoms with Crippen molar-refractivity contribution in [3.63, 3.8) is 0 Å². The monoisotopic (exact) mass is 333 g/mol. The van der Waals surface area contributed by atoms with Crippen LogP contribution in [0.2, 0.25) is 0 Å². The van der Waals surface area contributed by atoms with E-state index in [0.717, 1.165) is 10.7 Å². The van der Waals surface area contributed by atoms with Crippen molar-refractivity contribution in [1.82, 2.24) is 15.1 Å². The molecule has 1 aliphatic rings. The molecule has 0 saturated carbocycles. The van der Waals surface area contributed by atoms with Gasteiger partial charge in [0.05, 0.1) is 5.69 Å². The number of aromatic nitrogens is 2. The third-order valence-corrected chi connectivity index (χ3v) is 3.89. The topological polar surface area (TPSA) is 56.2 Å². The highest BCUT2D eigenvalue weighted by Crippen LogP contribution is 2.30. The van der Waals surface area contributed by atoms with E-state index in [1.165, 1.54) is 6.92 Å². The summed E-state index contributed by atoms with van der Waals surface area (Å²) in [4.78, 5) is 12.0. The Bertz CT molecular complexity index is 537. The number of ether oxygens (including phenoxy) is 1. The molecule has 1 fully saturated rings. The van der Waals surface area contributed by atoms with Crippen LogP contribution in [0.25, 0.3) is 0 Å². The molecule has 8 heteroatoms. The molecular formula is C15H22F3N3O2. The lowest BCUT2D eigenvalue weighted by atomic mass is 9.99. The van der Waals surface area contributed by atoms with E-state index in [4.69, 9.17) is 4.74 Å². The van der Waals surface area contributed by atoms with E-state index < -0.39 is 11.9 Å². The van der Waals surface area contributed by atoms with Gasteiger partial charge < -0.3 is 10.1 Å². The number of carbonyl (C=O) groups is 1. The molecule has 1 N–H and O–H groups in total. The predicted molar refractivity (Wildman–Crippen MR) is 77.7 cm³/mol. The predicted octanol–water partition coefficient (Wildman–Crippen LogP) is 2.39. The van der Waals surface area contributed by atoms with Gasteiger partial charge in [-0.05, 0) is 31.7 Å². The molecule has 1 atom stereocenters. The zero-order chi connectivity index (χ0) is 17.0. The second kappa shape index (κ2) is 7.33. The van der Waals surface area contributed by atoms with Crippen LogP contribution >= 0.6 is 0 Å². The summed E-state index contributed by atoms with van der Waals surface area (Å²) >= 11 is 0. The SMILES string of the molecule is Cc1cc(C(F)(F)F)n(C[C@H](C)CNC(=O)C2CCOCC2)n1. The highest BCUT2D eigenvalue weighted by Gasteiger charge is 2.35. The van der Waals surface area contributed by atoms with Gasteiger partial charge in [-0.15, -0.1) is 0 Å². The fourth-order valence-corrected chi connectivity index (χ4v) is 2.65. The number of hydrogen-bond donors (Lipinski definition) is 1. The Balaban J connectivity index is 1.87. The molecule has 0 unspecified atom stereocenters. The largest absolute Gasteiger partial charge is 0.433 e. The third-order valence-electron chi connectivity index (χ3n) is 3.89. The average Bonchev–Trinajstić information content (AvgIpc) is 2.86. The van der Waals surface area contributed by atoms with Crippen molar-refractivity contribution in [2.45, 2.75) is 39.4 Å². The Morgan fingerprint density at radius 2 is 2.13 bits per heavy atom. The van der Waals surface area contributed by atoms with E-state index in [0.29, 0.717) is 38.3 Å². The molecule has 1 aromatic heterocycles. The van der Waals surface area contributed by atoms with E-state index in [9.17, 15) is 18.0 Å². The number of carbonyl (C=O) groups excluding carboxylic acids is 1. The third kappa shape index (κ3) is 4.95. The molecule has 0 aliphatic carbocycles. The first-order valence-corrected chi connectivity index (χ1v) is 7.74. The summed E-state index contributed by atoms with van der Waals surface area (Å²) in [6, 6.07) is 1.04. The van der Waals surface area contributed by atoms with Crippen molar-refractivity contribution >= 4 is 5.91 Å². The Hall–Kier alpha value is -1.57. The van der Waals surface area contributed by atoms with Crippen LogP contribution in [0.1, 0.15) is 31.2 Å². The molecule has 1 saturated heterocycles. The maximum absolute atomic E-state index is 12.9. The summed E-state index contributed by atoms with van der Waals surface area (Å²) in [5, 5.41) is 6.72. The molecule has 23 heavy (non-hydrogen) atoms. The normalized spacial score (nSPS) is 18.0. The zero-order valence-electron chi connectivity index (χ0n) is 13.3. The lowest BCUT2D eigenvalue weighted by molar-refractivity contribution is -0.144. The maximum atomic E-state index is 12.9. The summed E-state index contributed by atoms with van der Waals surface area (Å²) in [6.45, 7) is 4.91. The number of aryl methyl sites for hydroxylation is 1. The standard InChI is InChI=1S/C15H22F3N3O2/c1-10(8-19-14(22)12-3-5-23-6-4-12)9-21-13(15(16,17)18)7-11(2)20-21/h7,10,12H,3-6,8-9H2,1-2H3,(H,19,22)/t10-/m1/s1. The first-order valence-electron chi connectivity index (χ1n) is 7.74. The summed E-state index contributed by atoms with van der Waals surface area (Å²) in [5.41, 5.74) is -0.423. The van der Waals surface area contributed by atoms with Gasteiger partial charge in [0, 0.05) is 32.2 Å². The average molecular weight is 333 g/mol. The minimum Gasteiger partial charge on any atom is -0.381 e. The quantitative estimate of drug-likeness (QED) is 0.900. The fraction of sp³-hybridized carbons (Fsp3) is 0.733. The highest BCUT2D eigenvalue weighted by molar-refractivity contribution is 5.78. The van der Waals surface area contributed by atoms with Crippen LogP contribution in [0.15, 0.2) is 6.07 Å². The molecule has 2 heterocycles.